The summed E-state index contributed by atoms with van der Waals surface area (Å²) < 4.78 is 0. The van der Waals surface area contributed by atoms with Crippen molar-refractivity contribution in [2.45, 2.75) is 91.4 Å². The second-order valence-electron chi connectivity index (χ2n) is 20.2. The van der Waals surface area contributed by atoms with E-state index in [1.54, 1.807) is 127 Å². The van der Waals surface area contributed by atoms with Crippen molar-refractivity contribution in [1.29, 1.82) is 0 Å². The van der Waals surface area contributed by atoms with E-state index in [4.69, 9.17) is 45.9 Å². The molecule has 2 unspecified atom stereocenters. The topological polar surface area (TPSA) is 465 Å². The molecule has 23 heteroatoms. The van der Waals surface area contributed by atoms with Crippen LogP contribution in [0.3, 0.4) is 0 Å². The van der Waals surface area contributed by atoms with Gasteiger partial charge in [0.1, 0.15) is 28.9 Å². The first-order chi connectivity index (χ1) is 41.9. The van der Waals surface area contributed by atoms with E-state index >= 15 is 0 Å². The van der Waals surface area contributed by atoms with E-state index in [0.717, 1.165) is 0 Å². The fourth-order valence-electron chi connectivity index (χ4n) is 7.65. The second kappa shape index (κ2) is 35.0. The third kappa shape index (κ3) is 22.9. The van der Waals surface area contributed by atoms with Gasteiger partial charge in [0.15, 0.2) is 45.6 Å². The summed E-state index contributed by atoms with van der Waals surface area (Å²) in [5.41, 5.74) is 49.0. The minimum absolute atomic E-state index is 0.00352. The first-order valence-electron chi connectivity index (χ1n) is 27.4. The number of aromatic nitrogens is 2. The molecule has 0 saturated heterocycles. The highest BCUT2D eigenvalue weighted by Gasteiger charge is 2.20. The number of nitrogens with one attached hydrogen (secondary N) is 2. The molecule has 8 rings (SSSR count). The Bertz CT molecular complexity index is 3720. The second-order valence-corrected chi connectivity index (χ2v) is 20.2. The number of para-hydroxylation sites is 6. The van der Waals surface area contributed by atoms with Gasteiger partial charge in [-0.1, -0.05) is 66.7 Å². The summed E-state index contributed by atoms with van der Waals surface area (Å²) in [6.45, 7) is 8.26. The van der Waals surface area contributed by atoms with Gasteiger partial charge in [0.2, 0.25) is 0 Å². The SMILES string of the molecule is CC(=O)C(N)CC(=O)c1ccccc1N.CC(=O)C(N)CC(=O)c1ccccc1N.CC(=O)[C@@H](N)CC(=O)c1ccccc1N.CC(=O)[C@H](N)CC(=O)c1ccccc1N.CC(=O)c1cc(=O)c2cccc(O)c2[nH]1.CC(=O)c1cc(=O)c2ccccc2[nH]1. The lowest BCUT2D eigenvalue weighted by Gasteiger charge is -2.08. The lowest BCUT2D eigenvalue weighted by Crippen LogP contribution is -2.31. The largest absolute Gasteiger partial charge is 0.506 e. The zero-order chi connectivity index (χ0) is 66.8. The van der Waals surface area contributed by atoms with Gasteiger partial charge in [-0.05, 0) is 100 Å². The molecule has 0 radical (unpaired) electrons. The summed E-state index contributed by atoms with van der Waals surface area (Å²) >= 11 is 0. The number of H-pyrrole nitrogens is 2. The number of ketones is 10. The zero-order valence-electron chi connectivity index (χ0n) is 50.0. The number of pyridine rings is 2. The summed E-state index contributed by atoms with van der Waals surface area (Å²) in [5.74, 6) is -1.98. The van der Waals surface area contributed by atoms with Crippen LogP contribution in [0.25, 0.3) is 21.8 Å². The molecular weight excluding hydrogens is 1140 g/mol. The van der Waals surface area contributed by atoms with Gasteiger partial charge in [0.25, 0.3) is 0 Å². The van der Waals surface area contributed by atoms with Gasteiger partial charge in [-0.15, -0.1) is 0 Å². The Morgan fingerprint density at radius 1 is 0.371 bits per heavy atom. The van der Waals surface area contributed by atoms with E-state index in [1.807, 2.05) is 6.07 Å². The van der Waals surface area contributed by atoms with Crippen molar-refractivity contribution >= 4 is 102 Å². The Kier molecular flexibility index (Phi) is 28.6. The molecule has 6 aromatic carbocycles. The molecule has 8 aromatic rings. The number of hydrogen-bond acceptors (Lipinski definition) is 21. The van der Waals surface area contributed by atoms with Crippen LogP contribution in [0.15, 0.2) is 161 Å². The van der Waals surface area contributed by atoms with E-state index < -0.39 is 24.2 Å². The molecule has 0 amide bonds. The van der Waals surface area contributed by atoms with Crippen LogP contribution in [-0.2, 0) is 19.2 Å². The minimum atomic E-state index is -0.739. The highest BCUT2D eigenvalue weighted by atomic mass is 16.3. The number of nitrogen functional groups attached to an aromatic ring is 4. The van der Waals surface area contributed by atoms with Crippen molar-refractivity contribution in [3.8, 4) is 5.75 Å². The number of Topliss-reactive ketones (excluding diaryl/α,β-unsaturated/α-hetero) is 10. The average molecular weight is 1220 g/mol. The Morgan fingerprint density at radius 3 is 0.944 bits per heavy atom. The predicted molar refractivity (Wildman–Crippen MR) is 345 cm³/mol. The lowest BCUT2D eigenvalue weighted by molar-refractivity contribution is -0.118. The maximum absolute atomic E-state index is 11.7. The highest BCUT2D eigenvalue weighted by Crippen LogP contribution is 2.21. The van der Waals surface area contributed by atoms with Gasteiger partial charge in [0.05, 0.1) is 41.1 Å². The Morgan fingerprint density at radius 2 is 0.640 bits per heavy atom. The molecule has 466 valence electrons. The molecule has 0 bridgehead atoms. The van der Waals surface area contributed by atoms with E-state index in [-0.39, 0.29) is 106 Å². The third-order valence-electron chi connectivity index (χ3n) is 13.1. The zero-order valence-corrected chi connectivity index (χ0v) is 50.0. The molecule has 0 aliphatic heterocycles. The molecule has 0 spiro atoms. The van der Waals surface area contributed by atoms with Gasteiger partial charge >= 0.3 is 0 Å². The van der Waals surface area contributed by atoms with Crippen LogP contribution in [0.2, 0.25) is 0 Å². The molecule has 0 aliphatic carbocycles. The number of aromatic hydroxyl groups is 1. The van der Waals surface area contributed by atoms with Crippen LogP contribution in [0.5, 0.6) is 5.75 Å². The first kappa shape index (κ1) is 72.5. The molecular formula is C66H74N10O13. The van der Waals surface area contributed by atoms with Gasteiger partial charge < -0.3 is 60.9 Å². The van der Waals surface area contributed by atoms with Crippen LogP contribution in [0, 0.1) is 0 Å². The van der Waals surface area contributed by atoms with Crippen LogP contribution in [-0.4, -0.2) is 97.1 Å². The Labute approximate surface area is 512 Å². The third-order valence-corrected chi connectivity index (χ3v) is 13.1. The fraction of sp³-hybridized carbons (Fsp3) is 0.212. The quantitative estimate of drug-likeness (QED) is 0.0336. The van der Waals surface area contributed by atoms with Crippen LogP contribution >= 0.6 is 0 Å². The molecule has 2 aromatic heterocycles. The number of phenols is 1. The van der Waals surface area contributed by atoms with E-state index in [9.17, 15) is 62.6 Å². The first-order valence-corrected chi connectivity index (χ1v) is 27.4. The number of fused-ring (bicyclic) bond motifs is 2. The summed E-state index contributed by atoms with van der Waals surface area (Å²) in [7, 11) is 0. The van der Waals surface area contributed by atoms with Crippen LogP contribution in [0.4, 0.5) is 22.7 Å². The maximum Gasteiger partial charge on any atom is 0.190 e. The number of carbonyl (C=O) groups is 10. The number of rotatable bonds is 18. The standard InChI is InChI=1S/4C11H14N2O2.C11H9NO3.C11H9NO2/c4*1-7(14)10(13)6-11(15)8-4-2-3-5-9(8)12;1-6(13)8-5-10(15)7-3-2-4-9(14)11(7)12-8;1-7(13)10-6-11(14)8-4-2-3-5-9(8)12-10/h4*2-5,10H,6,12-13H2,1H3;2-5,14H,1H3,(H,12,15);2-6H,1H3,(H,12,14)/t2*10-;;;;/m10..../s1. The lowest BCUT2D eigenvalue weighted by atomic mass is 10.0. The van der Waals surface area contributed by atoms with Gasteiger partial charge in [-0.25, -0.2) is 0 Å². The van der Waals surface area contributed by atoms with Crippen molar-refractivity contribution in [3.05, 3.63) is 206 Å². The Hall–Kier alpha value is -10.7. The smallest absolute Gasteiger partial charge is 0.190 e. The summed E-state index contributed by atoms with van der Waals surface area (Å²) in [6, 6.07) is 38.4. The summed E-state index contributed by atoms with van der Waals surface area (Å²) in [5, 5.41) is 10.5. The molecule has 0 saturated carbocycles. The number of anilines is 4. The Balaban J connectivity index is 0.000000279. The predicted octanol–water partition coefficient (Wildman–Crippen LogP) is 6.20. The molecule has 0 fully saturated rings. The van der Waals surface area contributed by atoms with Crippen molar-refractivity contribution in [3.63, 3.8) is 0 Å². The number of hydrogen-bond donors (Lipinski definition) is 11. The monoisotopic (exact) mass is 1210 g/mol. The molecule has 4 atom stereocenters. The molecule has 2 heterocycles. The number of nitrogens with two attached hydrogens (primary N) is 8. The van der Waals surface area contributed by atoms with Crippen molar-refractivity contribution < 1.29 is 53.1 Å². The average Bonchev–Trinajstić information content (AvgIpc) is 1.22. The highest BCUT2D eigenvalue weighted by molar-refractivity contribution is 6.06. The fourth-order valence-corrected chi connectivity index (χ4v) is 7.65. The van der Waals surface area contributed by atoms with Crippen molar-refractivity contribution in [2.75, 3.05) is 22.9 Å². The molecule has 0 aliphatic rings. The van der Waals surface area contributed by atoms with E-state index in [2.05, 4.69) is 9.97 Å². The number of phenolic OH excluding ortho intramolecular Hbond substituents is 1. The van der Waals surface area contributed by atoms with Crippen LogP contribution in [0.1, 0.15) is 130 Å². The van der Waals surface area contributed by atoms with Crippen molar-refractivity contribution in [1.82, 2.24) is 9.97 Å². The van der Waals surface area contributed by atoms with Crippen LogP contribution < -0.4 is 56.7 Å². The summed E-state index contributed by atoms with van der Waals surface area (Å²) in [6.07, 6.45) is 0.0141. The molecule has 23 nitrogen and oxygen atoms in total. The molecule has 89 heavy (non-hydrogen) atoms. The minimum Gasteiger partial charge on any atom is -0.506 e. The normalized spacial score (nSPS) is 11.6. The molecule has 19 N–H and O–H groups in total. The summed E-state index contributed by atoms with van der Waals surface area (Å²) in [4.78, 5) is 141. The van der Waals surface area contributed by atoms with Gasteiger partial charge in [0, 0.05) is 113 Å². The van der Waals surface area contributed by atoms with Crippen molar-refractivity contribution in [2.24, 2.45) is 22.9 Å². The van der Waals surface area contributed by atoms with Gasteiger partial charge in [-0.3, -0.25) is 57.5 Å². The number of carbonyl (C=O) groups excluding carboxylic acids is 10. The number of aromatic amines is 2. The number of benzene rings is 6. The van der Waals surface area contributed by atoms with E-state index in [1.165, 1.54) is 59.7 Å². The maximum atomic E-state index is 11.7. The van der Waals surface area contributed by atoms with Gasteiger partial charge in [-0.2, -0.15) is 0 Å². The van der Waals surface area contributed by atoms with E-state index in [0.29, 0.717) is 72.5 Å².